The minimum atomic E-state index is -0.676. The van der Waals surface area contributed by atoms with Gasteiger partial charge in [-0.2, -0.15) is 0 Å². The Kier molecular flexibility index (Phi) is 3.33. The van der Waals surface area contributed by atoms with Crippen molar-refractivity contribution in [2.24, 2.45) is 0 Å². The van der Waals surface area contributed by atoms with Gasteiger partial charge >= 0.3 is 0 Å². The SMILES string of the molecule is COc1cccc(C2(C)NCCCNC2=O)c1. The number of carbonyl (C=O) groups is 1. The second-order valence-electron chi connectivity index (χ2n) is 4.39. The van der Waals surface area contributed by atoms with Gasteiger partial charge in [-0.25, -0.2) is 0 Å². The predicted octanol–water partition coefficient (Wildman–Crippen LogP) is 1.02. The molecular formula is C13H18N2O2. The van der Waals surface area contributed by atoms with E-state index < -0.39 is 5.54 Å². The molecule has 17 heavy (non-hydrogen) atoms. The highest BCUT2D eigenvalue weighted by Gasteiger charge is 2.35. The summed E-state index contributed by atoms with van der Waals surface area (Å²) in [6, 6.07) is 7.62. The highest BCUT2D eigenvalue weighted by Crippen LogP contribution is 2.25. The molecule has 0 aliphatic carbocycles. The summed E-state index contributed by atoms with van der Waals surface area (Å²) in [5.74, 6) is 0.783. The zero-order valence-corrected chi connectivity index (χ0v) is 10.2. The molecule has 1 aliphatic rings. The first-order valence-electron chi connectivity index (χ1n) is 5.84. The lowest BCUT2D eigenvalue weighted by atomic mass is 9.91. The van der Waals surface area contributed by atoms with Crippen LogP contribution < -0.4 is 15.4 Å². The molecule has 4 heteroatoms. The summed E-state index contributed by atoms with van der Waals surface area (Å²) in [5, 5.41) is 6.24. The molecule has 1 heterocycles. The highest BCUT2D eigenvalue weighted by atomic mass is 16.5. The summed E-state index contributed by atoms with van der Waals surface area (Å²) in [6.45, 7) is 3.46. The van der Waals surface area contributed by atoms with Crippen LogP contribution in [0.5, 0.6) is 5.75 Å². The smallest absolute Gasteiger partial charge is 0.244 e. The number of amides is 1. The summed E-state index contributed by atoms with van der Waals surface area (Å²) in [4.78, 5) is 12.1. The van der Waals surface area contributed by atoms with E-state index in [1.54, 1.807) is 7.11 Å². The Bertz CT molecular complexity index is 420. The highest BCUT2D eigenvalue weighted by molar-refractivity contribution is 5.87. The van der Waals surface area contributed by atoms with Gasteiger partial charge in [0.2, 0.25) is 5.91 Å². The van der Waals surface area contributed by atoms with E-state index in [1.807, 2.05) is 31.2 Å². The van der Waals surface area contributed by atoms with Gasteiger partial charge in [-0.1, -0.05) is 12.1 Å². The minimum absolute atomic E-state index is 0.0169. The quantitative estimate of drug-likeness (QED) is 0.803. The fourth-order valence-electron chi connectivity index (χ4n) is 2.05. The van der Waals surface area contributed by atoms with Gasteiger partial charge in [-0.05, 0) is 37.6 Å². The van der Waals surface area contributed by atoms with Gasteiger partial charge in [-0.3, -0.25) is 10.1 Å². The molecule has 2 rings (SSSR count). The average molecular weight is 234 g/mol. The first-order valence-corrected chi connectivity index (χ1v) is 5.84. The third-order valence-corrected chi connectivity index (χ3v) is 3.22. The van der Waals surface area contributed by atoms with Crippen molar-refractivity contribution in [3.05, 3.63) is 29.8 Å². The van der Waals surface area contributed by atoms with E-state index in [2.05, 4.69) is 10.6 Å². The van der Waals surface area contributed by atoms with Crippen molar-refractivity contribution in [1.82, 2.24) is 10.6 Å². The van der Waals surface area contributed by atoms with Crippen LogP contribution in [0.3, 0.4) is 0 Å². The zero-order chi connectivity index (χ0) is 12.3. The summed E-state index contributed by atoms with van der Waals surface area (Å²) in [7, 11) is 1.63. The van der Waals surface area contributed by atoms with Gasteiger partial charge < -0.3 is 10.1 Å². The van der Waals surface area contributed by atoms with Gasteiger partial charge in [0.25, 0.3) is 0 Å². The second kappa shape index (κ2) is 4.75. The van der Waals surface area contributed by atoms with Crippen LogP contribution in [0.1, 0.15) is 18.9 Å². The number of rotatable bonds is 2. The van der Waals surface area contributed by atoms with Gasteiger partial charge in [0.05, 0.1) is 7.11 Å². The molecule has 0 aromatic heterocycles. The maximum absolute atomic E-state index is 12.1. The Hall–Kier alpha value is -1.55. The molecule has 0 spiro atoms. The molecule has 1 amide bonds. The lowest BCUT2D eigenvalue weighted by Crippen LogP contribution is -2.49. The summed E-state index contributed by atoms with van der Waals surface area (Å²) in [6.07, 6.45) is 0.950. The average Bonchev–Trinajstić information content (AvgIpc) is 2.53. The first kappa shape index (κ1) is 11.9. The summed E-state index contributed by atoms with van der Waals surface area (Å²) >= 11 is 0. The molecule has 4 nitrogen and oxygen atoms in total. The number of methoxy groups -OCH3 is 1. The molecule has 1 aliphatic heterocycles. The van der Waals surface area contributed by atoms with Crippen LogP contribution in [-0.4, -0.2) is 26.1 Å². The van der Waals surface area contributed by atoms with E-state index in [4.69, 9.17) is 4.74 Å². The maximum Gasteiger partial charge on any atom is 0.244 e. The molecule has 1 aromatic carbocycles. The Morgan fingerprint density at radius 3 is 2.94 bits per heavy atom. The molecule has 92 valence electrons. The van der Waals surface area contributed by atoms with Gasteiger partial charge in [0.1, 0.15) is 11.3 Å². The Morgan fingerprint density at radius 2 is 2.18 bits per heavy atom. The standard InChI is InChI=1S/C13H18N2O2/c1-13(12(16)14-7-4-8-15-13)10-5-3-6-11(9-10)17-2/h3,5-6,9,15H,4,7-8H2,1-2H3,(H,14,16). The van der Waals surface area contributed by atoms with Crippen LogP contribution in [-0.2, 0) is 10.3 Å². The van der Waals surface area contributed by atoms with Crippen molar-refractivity contribution < 1.29 is 9.53 Å². The molecule has 1 unspecified atom stereocenters. The number of benzene rings is 1. The number of hydrogen-bond acceptors (Lipinski definition) is 3. The molecular weight excluding hydrogens is 216 g/mol. The zero-order valence-electron chi connectivity index (χ0n) is 10.2. The van der Waals surface area contributed by atoms with Crippen molar-refractivity contribution in [1.29, 1.82) is 0 Å². The largest absolute Gasteiger partial charge is 0.497 e. The first-order chi connectivity index (χ1) is 8.16. The third kappa shape index (κ3) is 2.26. The van der Waals surface area contributed by atoms with Crippen LogP contribution in [0.15, 0.2) is 24.3 Å². The van der Waals surface area contributed by atoms with Crippen molar-refractivity contribution in [3.8, 4) is 5.75 Å². The lowest BCUT2D eigenvalue weighted by molar-refractivity contribution is -0.126. The molecule has 0 bridgehead atoms. The number of ether oxygens (including phenoxy) is 1. The summed E-state index contributed by atoms with van der Waals surface area (Å²) in [5.41, 5.74) is 0.252. The number of hydrogen-bond donors (Lipinski definition) is 2. The molecule has 1 saturated heterocycles. The van der Waals surface area contributed by atoms with Gasteiger partial charge in [0, 0.05) is 6.54 Å². The van der Waals surface area contributed by atoms with Crippen LogP contribution in [0.2, 0.25) is 0 Å². The number of carbonyl (C=O) groups excluding carboxylic acids is 1. The van der Waals surface area contributed by atoms with E-state index >= 15 is 0 Å². The van der Waals surface area contributed by atoms with Crippen LogP contribution in [0, 0.1) is 0 Å². The molecule has 2 N–H and O–H groups in total. The molecule has 1 atom stereocenters. The van der Waals surface area contributed by atoms with E-state index in [-0.39, 0.29) is 5.91 Å². The fraction of sp³-hybridized carbons (Fsp3) is 0.462. The normalized spacial score (nSPS) is 24.9. The Labute approximate surface area is 101 Å². The second-order valence-corrected chi connectivity index (χ2v) is 4.39. The van der Waals surface area contributed by atoms with Crippen LogP contribution >= 0.6 is 0 Å². The van der Waals surface area contributed by atoms with Gasteiger partial charge in [-0.15, -0.1) is 0 Å². The van der Waals surface area contributed by atoms with E-state index in [0.29, 0.717) is 0 Å². The van der Waals surface area contributed by atoms with Gasteiger partial charge in [0.15, 0.2) is 0 Å². The van der Waals surface area contributed by atoms with E-state index in [1.165, 1.54) is 0 Å². The maximum atomic E-state index is 12.1. The third-order valence-electron chi connectivity index (χ3n) is 3.22. The van der Waals surface area contributed by atoms with Crippen molar-refractivity contribution >= 4 is 5.91 Å². The number of nitrogens with one attached hydrogen (secondary N) is 2. The minimum Gasteiger partial charge on any atom is -0.497 e. The lowest BCUT2D eigenvalue weighted by Gasteiger charge is -2.28. The van der Waals surface area contributed by atoms with E-state index in [9.17, 15) is 4.79 Å². The van der Waals surface area contributed by atoms with Crippen molar-refractivity contribution in [3.63, 3.8) is 0 Å². The molecule has 1 fully saturated rings. The van der Waals surface area contributed by atoms with Crippen molar-refractivity contribution in [2.45, 2.75) is 18.9 Å². The Morgan fingerprint density at radius 1 is 1.35 bits per heavy atom. The summed E-state index contributed by atoms with van der Waals surface area (Å²) < 4.78 is 5.20. The molecule has 0 radical (unpaired) electrons. The van der Waals surface area contributed by atoms with Crippen molar-refractivity contribution in [2.75, 3.05) is 20.2 Å². The predicted molar refractivity (Wildman–Crippen MR) is 66.0 cm³/mol. The van der Waals surface area contributed by atoms with Crippen LogP contribution in [0.25, 0.3) is 0 Å². The van der Waals surface area contributed by atoms with Crippen LogP contribution in [0.4, 0.5) is 0 Å². The topological polar surface area (TPSA) is 50.4 Å². The monoisotopic (exact) mass is 234 g/mol. The fourth-order valence-corrected chi connectivity index (χ4v) is 2.05. The Balaban J connectivity index is 2.37. The molecule has 1 aromatic rings. The molecule has 0 saturated carbocycles. The van der Waals surface area contributed by atoms with E-state index in [0.717, 1.165) is 30.8 Å².